The van der Waals surface area contributed by atoms with Crippen molar-refractivity contribution >= 4 is 67.9 Å². The molecule has 1 heterocycles. The number of carboxylic acids is 1. The lowest BCUT2D eigenvalue weighted by molar-refractivity contribution is -0.139. The number of amides is 1. The number of hydrogen-bond donors (Lipinski definition) is 1. The summed E-state index contributed by atoms with van der Waals surface area (Å²) in [6.45, 7) is 1.48. The second-order valence-electron chi connectivity index (χ2n) is 5.72. The summed E-state index contributed by atoms with van der Waals surface area (Å²) in [5, 5.41) is 8.83. The van der Waals surface area contributed by atoms with Crippen molar-refractivity contribution < 1.29 is 19.4 Å². The number of nitrogens with zero attached hydrogens (tertiary/aromatic N) is 1. The summed E-state index contributed by atoms with van der Waals surface area (Å²) in [6, 6.07) is 12.7. The van der Waals surface area contributed by atoms with Crippen LogP contribution in [0.25, 0.3) is 6.08 Å². The first-order chi connectivity index (χ1) is 12.8. The van der Waals surface area contributed by atoms with Crippen LogP contribution in [-0.4, -0.2) is 27.9 Å². The van der Waals surface area contributed by atoms with Gasteiger partial charge in [-0.1, -0.05) is 52.0 Å². The van der Waals surface area contributed by atoms with E-state index in [1.165, 1.54) is 16.7 Å². The average molecular weight is 464 g/mol. The summed E-state index contributed by atoms with van der Waals surface area (Å²) in [4.78, 5) is 25.6. The van der Waals surface area contributed by atoms with Crippen molar-refractivity contribution in [2.75, 3.05) is 11.5 Å². The fraction of sp³-hybridized carbons (Fsp3) is 0.105. The maximum atomic E-state index is 12.9. The van der Waals surface area contributed by atoms with E-state index in [9.17, 15) is 9.59 Å². The molecule has 1 amide bonds. The second-order valence-corrected chi connectivity index (χ2v) is 8.31. The molecule has 0 atom stereocenters. The van der Waals surface area contributed by atoms with Crippen LogP contribution in [0.5, 0.6) is 5.75 Å². The number of carbonyl (C=O) groups is 2. The van der Waals surface area contributed by atoms with Gasteiger partial charge in [0, 0.05) is 10.0 Å². The van der Waals surface area contributed by atoms with E-state index in [0.717, 1.165) is 15.7 Å². The van der Waals surface area contributed by atoms with Gasteiger partial charge in [0.2, 0.25) is 0 Å². The molecule has 1 saturated heterocycles. The number of carboxylic acid groups (broad SMARTS) is 1. The van der Waals surface area contributed by atoms with Crippen molar-refractivity contribution in [2.45, 2.75) is 6.92 Å². The molecule has 3 rings (SSSR count). The quantitative estimate of drug-likeness (QED) is 0.515. The van der Waals surface area contributed by atoms with Crippen molar-refractivity contribution in [2.24, 2.45) is 0 Å². The molecular formula is C19H14BrNO4S2. The summed E-state index contributed by atoms with van der Waals surface area (Å²) in [7, 11) is 0. The fourth-order valence-corrected chi connectivity index (χ4v) is 4.17. The van der Waals surface area contributed by atoms with E-state index in [1.54, 1.807) is 24.3 Å². The molecule has 1 aliphatic heterocycles. The number of halogens is 1. The van der Waals surface area contributed by atoms with Gasteiger partial charge in [-0.05, 0) is 48.9 Å². The minimum atomic E-state index is -1.07. The van der Waals surface area contributed by atoms with E-state index in [4.69, 9.17) is 22.1 Å². The van der Waals surface area contributed by atoms with Crippen molar-refractivity contribution in [3.8, 4) is 5.75 Å². The second kappa shape index (κ2) is 8.24. The molecule has 2 aromatic rings. The predicted molar refractivity (Wildman–Crippen MR) is 114 cm³/mol. The first kappa shape index (κ1) is 19.6. The Balaban J connectivity index is 1.94. The van der Waals surface area contributed by atoms with Crippen molar-refractivity contribution in [3.63, 3.8) is 0 Å². The SMILES string of the molecule is Cc1cccc(N2C(=O)/C(=C/c3cc(Br)ccc3OCC(=O)O)SC2=S)c1. The zero-order valence-corrected chi connectivity index (χ0v) is 17.4. The van der Waals surface area contributed by atoms with E-state index < -0.39 is 12.6 Å². The topological polar surface area (TPSA) is 66.8 Å². The number of thiocarbonyl (C=S) groups is 1. The summed E-state index contributed by atoms with van der Waals surface area (Å²) in [5.74, 6) is -0.921. The van der Waals surface area contributed by atoms with Gasteiger partial charge in [0.05, 0.1) is 10.6 Å². The monoisotopic (exact) mass is 463 g/mol. The van der Waals surface area contributed by atoms with Crippen LogP contribution in [0.2, 0.25) is 0 Å². The Morgan fingerprint density at radius 2 is 2.11 bits per heavy atom. The minimum absolute atomic E-state index is 0.222. The van der Waals surface area contributed by atoms with Crippen LogP contribution in [-0.2, 0) is 9.59 Å². The molecule has 0 unspecified atom stereocenters. The predicted octanol–water partition coefficient (Wildman–Crippen LogP) is 4.63. The van der Waals surface area contributed by atoms with Gasteiger partial charge in [0.15, 0.2) is 10.9 Å². The molecule has 27 heavy (non-hydrogen) atoms. The number of hydrogen-bond acceptors (Lipinski definition) is 5. The van der Waals surface area contributed by atoms with Gasteiger partial charge >= 0.3 is 5.97 Å². The molecule has 5 nitrogen and oxygen atoms in total. The van der Waals surface area contributed by atoms with Crippen LogP contribution in [0, 0.1) is 6.92 Å². The maximum Gasteiger partial charge on any atom is 0.341 e. The highest BCUT2D eigenvalue weighted by molar-refractivity contribution is 9.10. The van der Waals surface area contributed by atoms with Gasteiger partial charge < -0.3 is 9.84 Å². The first-order valence-corrected chi connectivity index (χ1v) is 9.85. The Kier molecular flexibility index (Phi) is 5.98. The molecule has 0 bridgehead atoms. The Hall–Kier alpha value is -2.16. The smallest absolute Gasteiger partial charge is 0.341 e. The van der Waals surface area contributed by atoms with E-state index in [0.29, 0.717) is 20.5 Å². The Bertz CT molecular complexity index is 974. The Labute approximate surface area is 174 Å². The summed E-state index contributed by atoms with van der Waals surface area (Å²) >= 11 is 9.97. The van der Waals surface area contributed by atoms with E-state index in [-0.39, 0.29) is 5.91 Å². The Morgan fingerprint density at radius 1 is 1.33 bits per heavy atom. The van der Waals surface area contributed by atoms with Crippen LogP contribution >= 0.6 is 39.9 Å². The number of anilines is 1. The van der Waals surface area contributed by atoms with E-state index in [2.05, 4.69) is 15.9 Å². The largest absolute Gasteiger partial charge is 0.481 e. The fourth-order valence-electron chi connectivity index (χ4n) is 2.50. The summed E-state index contributed by atoms with van der Waals surface area (Å²) < 4.78 is 6.55. The van der Waals surface area contributed by atoms with Crippen molar-refractivity contribution in [3.05, 3.63) is 63.0 Å². The number of aliphatic carboxylic acids is 1. The van der Waals surface area contributed by atoms with Gasteiger partial charge in [-0.3, -0.25) is 9.69 Å². The van der Waals surface area contributed by atoms with Gasteiger partial charge in [-0.15, -0.1) is 0 Å². The maximum absolute atomic E-state index is 12.9. The molecule has 138 valence electrons. The molecule has 0 saturated carbocycles. The van der Waals surface area contributed by atoms with Crippen LogP contribution in [0.3, 0.4) is 0 Å². The van der Waals surface area contributed by atoms with Crippen LogP contribution < -0.4 is 9.64 Å². The number of carbonyl (C=O) groups excluding carboxylic acids is 1. The molecule has 1 N–H and O–H groups in total. The number of aryl methyl sites for hydroxylation is 1. The lowest BCUT2D eigenvalue weighted by Gasteiger charge is -2.14. The molecule has 8 heteroatoms. The molecule has 2 aromatic carbocycles. The third kappa shape index (κ3) is 4.58. The van der Waals surface area contributed by atoms with Crippen LogP contribution in [0.4, 0.5) is 5.69 Å². The molecule has 0 aliphatic carbocycles. The third-order valence-electron chi connectivity index (χ3n) is 3.66. The van der Waals surface area contributed by atoms with Gasteiger partial charge in [0.25, 0.3) is 5.91 Å². The molecule has 1 fully saturated rings. The summed E-state index contributed by atoms with van der Waals surface area (Å²) in [5.41, 5.74) is 2.34. The van der Waals surface area contributed by atoms with Crippen molar-refractivity contribution in [1.82, 2.24) is 0 Å². The van der Waals surface area contributed by atoms with Crippen LogP contribution in [0.15, 0.2) is 51.8 Å². The van der Waals surface area contributed by atoms with E-state index >= 15 is 0 Å². The molecule has 0 spiro atoms. The van der Waals surface area contributed by atoms with Crippen LogP contribution in [0.1, 0.15) is 11.1 Å². The zero-order chi connectivity index (χ0) is 19.6. The number of rotatable bonds is 5. The van der Waals surface area contributed by atoms with Gasteiger partial charge in [0.1, 0.15) is 5.75 Å². The number of ether oxygens (including phenoxy) is 1. The highest BCUT2D eigenvalue weighted by Gasteiger charge is 2.33. The molecule has 1 aliphatic rings. The molecular weight excluding hydrogens is 450 g/mol. The van der Waals surface area contributed by atoms with Crippen molar-refractivity contribution in [1.29, 1.82) is 0 Å². The van der Waals surface area contributed by atoms with Gasteiger partial charge in [-0.2, -0.15) is 0 Å². The highest BCUT2D eigenvalue weighted by atomic mass is 79.9. The number of thioether (sulfide) groups is 1. The highest BCUT2D eigenvalue weighted by Crippen LogP contribution is 2.37. The van der Waals surface area contributed by atoms with E-state index in [1.807, 2.05) is 31.2 Å². The molecule has 0 aromatic heterocycles. The lowest BCUT2D eigenvalue weighted by atomic mass is 10.1. The number of benzene rings is 2. The third-order valence-corrected chi connectivity index (χ3v) is 5.46. The first-order valence-electron chi connectivity index (χ1n) is 7.84. The van der Waals surface area contributed by atoms with Gasteiger partial charge in [-0.25, -0.2) is 4.79 Å². The zero-order valence-electron chi connectivity index (χ0n) is 14.1. The standard InChI is InChI=1S/C19H14BrNO4S2/c1-11-3-2-4-14(7-11)21-18(24)16(27-19(21)26)9-12-8-13(20)5-6-15(12)25-10-17(22)23/h2-9H,10H2,1H3,(H,22,23)/b16-9-. The normalized spacial score (nSPS) is 15.5. The Morgan fingerprint density at radius 3 is 2.81 bits per heavy atom. The molecule has 0 radical (unpaired) electrons. The lowest BCUT2D eigenvalue weighted by Crippen LogP contribution is -2.27. The summed E-state index contributed by atoms with van der Waals surface area (Å²) in [6.07, 6.45) is 1.66. The minimum Gasteiger partial charge on any atom is -0.481 e. The average Bonchev–Trinajstić information content (AvgIpc) is 2.87.